The van der Waals surface area contributed by atoms with E-state index in [1.165, 1.54) is 4.90 Å². The van der Waals surface area contributed by atoms with Gasteiger partial charge in [-0.25, -0.2) is 0 Å². The second-order valence-electron chi connectivity index (χ2n) is 6.07. The third-order valence-corrected chi connectivity index (χ3v) is 5.15. The number of nitrogens with zero attached hydrogens (tertiary/aromatic N) is 2. The second-order valence-corrected chi connectivity index (χ2v) is 7.07. The number of aromatic hydroxyl groups is 1. The fraction of sp³-hybridized carbons (Fsp3) is 0.0476. The number of aromatic nitrogens is 1. The molecule has 6 heteroatoms. The average molecular weight is 376 g/mol. The first-order valence-corrected chi connectivity index (χ1v) is 9.19. The minimum absolute atomic E-state index is 0.189. The standard InChI is InChI=1S/C21H16N2O3S/c24-18-10-8-16(9-11-18)22-12-4-7-17(22)13-19-20(25)23(21(26)27-19)14-15-5-2-1-3-6-15/h1-13,24H,14H2/b19-13+. The molecule has 2 amide bonds. The highest BCUT2D eigenvalue weighted by Gasteiger charge is 2.35. The molecule has 0 spiro atoms. The largest absolute Gasteiger partial charge is 0.508 e. The lowest BCUT2D eigenvalue weighted by atomic mass is 10.2. The zero-order chi connectivity index (χ0) is 18.8. The first-order chi connectivity index (χ1) is 13.1. The Morgan fingerprint density at radius 3 is 2.41 bits per heavy atom. The number of rotatable bonds is 4. The molecule has 0 radical (unpaired) electrons. The molecule has 1 N–H and O–H groups in total. The molecule has 5 nitrogen and oxygen atoms in total. The van der Waals surface area contributed by atoms with Gasteiger partial charge in [-0.1, -0.05) is 30.3 Å². The van der Waals surface area contributed by atoms with Crippen LogP contribution in [0.15, 0.2) is 77.8 Å². The smallest absolute Gasteiger partial charge is 0.293 e. The molecule has 0 unspecified atom stereocenters. The SMILES string of the molecule is O=C1S/C(=C/c2cccn2-c2ccc(O)cc2)C(=O)N1Cc1ccccc1. The van der Waals surface area contributed by atoms with Crippen LogP contribution in [0.4, 0.5) is 4.79 Å². The number of amides is 2. The van der Waals surface area contributed by atoms with Crippen LogP contribution in [0.1, 0.15) is 11.3 Å². The van der Waals surface area contributed by atoms with Crippen LogP contribution in [0.5, 0.6) is 5.75 Å². The van der Waals surface area contributed by atoms with Gasteiger partial charge in [-0.15, -0.1) is 0 Å². The molecule has 1 aliphatic heterocycles. The lowest BCUT2D eigenvalue weighted by Gasteiger charge is -2.12. The van der Waals surface area contributed by atoms with E-state index in [1.807, 2.05) is 53.2 Å². The zero-order valence-corrected chi connectivity index (χ0v) is 15.1. The predicted molar refractivity (Wildman–Crippen MR) is 105 cm³/mol. The Labute approximate surface area is 160 Å². The van der Waals surface area contributed by atoms with Crippen LogP contribution in [0.3, 0.4) is 0 Å². The molecule has 0 bridgehead atoms. The van der Waals surface area contributed by atoms with Crippen molar-refractivity contribution in [2.45, 2.75) is 6.54 Å². The first kappa shape index (κ1) is 17.2. The van der Waals surface area contributed by atoms with Crippen LogP contribution < -0.4 is 0 Å². The van der Waals surface area contributed by atoms with E-state index in [4.69, 9.17) is 0 Å². The summed E-state index contributed by atoms with van der Waals surface area (Å²) in [7, 11) is 0. The third kappa shape index (κ3) is 3.52. The van der Waals surface area contributed by atoms with Gasteiger partial charge in [0.15, 0.2) is 0 Å². The summed E-state index contributed by atoms with van der Waals surface area (Å²) in [5.41, 5.74) is 2.55. The van der Waals surface area contributed by atoms with Crippen molar-refractivity contribution in [2.75, 3.05) is 0 Å². The van der Waals surface area contributed by atoms with Crippen molar-refractivity contribution in [3.8, 4) is 11.4 Å². The summed E-state index contributed by atoms with van der Waals surface area (Å²) in [5.74, 6) is -0.0956. The van der Waals surface area contributed by atoms with E-state index in [1.54, 1.807) is 30.3 Å². The van der Waals surface area contributed by atoms with Gasteiger partial charge in [-0.05, 0) is 59.8 Å². The van der Waals surface area contributed by atoms with Crippen LogP contribution in [0.2, 0.25) is 0 Å². The van der Waals surface area contributed by atoms with Crippen LogP contribution in [-0.2, 0) is 11.3 Å². The number of carbonyl (C=O) groups is 2. The van der Waals surface area contributed by atoms with E-state index in [9.17, 15) is 14.7 Å². The Morgan fingerprint density at radius 1 is 0.926 bits per heavy atom. The summed E-state index contributed by atoms with van der Waals surface area (Å²) in [6.07, 6.45) is 3.59. The molecule has 2 aromatic carbocycles. The normalized spacial score (nSPS) is 15.7. The highest BCUT2D eigenvalue weighted by molar-refractivity contribution is 8.18. The van der Waals surface area contributed by atoms with Crippen molar-refractivity contribution in [3.05, 3.63) is 89.1 Å². The topological polar surface area (TPSA) is 62.5 Å². The highest BCUT2D eigenvalue weighted by atomic mass is 32.2. The number of benzene rings is 2. The number of carbonyl (C=O) groups excluding carboxylic acids is 2. The molecule has 2 heterocycles. The van der Waals surface area contributed by atoms with Crippen molar-refractivity contribution in [1.82, 2.24) is 9.47 Å². The highest BCUT2D eigenvalue weighted by Crippen LogP contribution is 2.33. The maximum Gasteiger partial charge on any atom is 0.293 e. The van der Waals surface area contributed by atoms with Gasteiger partial charge in [0, 0.05) is 17.6 Å². The summed E-state index contributed by atoms with van der Waals surface area (Å²) in [6, 6.07) is 20.0. The molecule has 1 fully saturated rings. The minimum atomic E-state index is -0.285. The van der Waals surface area contributed by atoms with Gasteiger partial charge >= 0.3 is 0 Å². The molecule has 3 aromatic rings. The molecule has 0 atom stereocenters. The van der Waals surface area contributed by atoms with E-state index >= 15 is 0 Å². The van der Waals surface area contributed by atoms with Crippen molar-refractivity contribution in [3.63, 3.8) is 0 Å². The molecule has 1 saturated heterocycles. The lowest BCUT2D eigenvalue weighted by Crippen LogP contribution is -2.27. The summed E-state index contributed by atoms with van der Waals surface area (Å²) < 4.78 is 1.89. The predicted octanol–water partition coefficient (Wildman–Crippen LogP) is 4.42. The maximum absolute atomic E-state index is 12.7. The van der Waals surface area contributed by atoms with Crippen molar-refractivity contribution in [2.24, 2.45) is 0 Å². The average Bonchev–Trinajstić information content (AvgIpc) is 3.24. The van der Waals surface area contributed by atoms with E-state index in [-0.39, 0.29) is 23.4 Å². The molecule has 1 aromatic heterocycles. The minimum Gasteiger partial charge on any atom is -0.508 e. The van der Waals surface area contributed by atoms with E-state index < -0.39 is 0 Å². The van der Waals surface area contributed by atoms with Crippen molar-refractivity contribution < 1.29 is 14.7 Å². The Kier molecular flexibility index (Phi) is 4.56. The second kappa shape index (κ2) is 7.17. The van der Waals surface area contributed by atoms with E-state index in [0.29, 0.717) is 4.91 Å². The number of hydrogen-bond acceptors (Lipinski definition) is 4. The Balaban J connectivity index is 1.60. The molecular weight excluding hydrogens is 360 g/mol. The monoisotopic (exact) mass is 376 g/mol. The summed E-state index contributed by atoms with van der Waals surface area (Å²) in [4.78, 5) is 26.7. The van der Waals surface area contributed by atoms with E-state index in [0.717, 1.165) is 28.7 Å². The van der Waals surface area contributed by atoms with Gasteiger partial charge in [0.2, 0.25) is 0 Å². The maximum atomic E-state index is 12.7. The van der Waals surface area contributed by atoms with E-state index in [2.05, 4.69) is 0 Å². The van der Waals surface area contributed by atoms with Crippen LogP contribution >= 0.6 is 11.8 Å². The molecule has 27 heavy (non-hydrogen) atoms. The Morgan fingerprint density at radius 2 is 1.67 bits per heavy atom. The van der Waals surface area contributed by atoms with Crippen molar-refractivity contribution in [1.29, 1.82) is 0 Å². The first-order valence-electron chi connectivity index (χ1n) is 8.38. The van der Waals surface area contributed by atoms with Gasteiger partial charge < -0.3 is 9.67 Å². The van der Waals surface area contributed by atoms with Gasteiger partial charge in [-0.2, -0.15) is 0 Å². The molecule has 4 rings (SSSR count). The molecule has 0 aliphatic carbocycles. The zero-order valence-electron chi connectivity index (χ0n) is 14.3. The Hall–Kier alpha value is -3.25. The number of thioether (sulfide) groups is 1. The van der Waals surface area contributed by atoms with Crippen LogP contribution in [0.25, 0.3) is 11.8 Å². The molecule has 134 valence electrons. The summed E-state index contributed by atoms with van der Waals surface area (Å²) in [5, 5.41) is 9.19. The van der Waals surface area contributed by atoms with Gasteiger partial charge in [-0.3, -0.25) is 14.5 Å². The van der Waals surface area contributed by atoms with Crippen molar-refractivity contribution >= 4 is 29.0 Å². The van der Waals surface area contributed by atoms with Crippen LogP contribution in [-0.4, -0.2) is 25.7 Å². The number of phenols is 1. The fourth-order valence-electron chi connectivity index (χ4n) is 2.90. The quantitative estimate of drug-likeness (QED) is 0.685. The lowest BCUT2D eigenvalue weighted by molar-refractivity contribution is -0.123. The third-order valence-electron chi connectivity index (χ3n) is 4.24. The molecule has 0 saturated carbocycles. The summed E-state index contributed by atoms with van der Waals surface area (Å²) in [6.45, 7) is 0.266. The number of hydrogen-bond donors (Lipinski definition) is 1. The van der Waals surface area contributed by atoms with Gasteiger partial charge in [0.05, 0.1) is 11.4 Å². The molecule has 1 aliphatic rings. The molecular formula is C21H16N2O3S. The Bertz CT molecular complexity index is 1020. The number of imide groups is 1. The summed E-state index contributed by atoms with van der Waals surface area (Å²) >= 11 is 0.951. The fourth-order valence-corrected chi connectivity index (χ4v) is 3.72. The van der Waals surface area contributed by atoms with Gasteiger partial charge in [0.25, 0.3) is 11.1 Å². The van der Waals surface area contributed by atoms with Crippen LogP contribution in [0, 0.1) is 0 Å². The number of phenolic OH excluding ortho intramolecular Hbond substituents is 1. The van der Waals surface area contributed by atoms with Gasteiger partial charge in [0.1, 0.15) is 5.75 Å².